The van der Waals surface area contributed by atoms with Gasteiger partial charge in [-0.25, -0.2) is 0 Å². The molecule has 0 bridgehead atoms. The third kappa shape index (κ3) is 2.22. The molecule has 2 aromatic rings. The molecule has 78 valence electrons. The fourth-order valence-electron chi connectivity index (χ4n) is 1.20. The van der Waals surface area contributed by atoms with Gasteiger partial charge in [-0.15, -0.1) is 0 Å². The van der Waals surface area contributed by atoms with E-state index in [9.17, 15) is 4.79 Å². The van der Waals surface area contributed by atoms with E-state index in [4.69, 9.17) is 0 Å². The summed E-state index contributed by atoms with van der Waals surface area (Å²) in [5.41, 5.74) is 1.49. The zero-order chi connectivity index (χ0) is 10.7. The van der Waals surface area contributed by atoms with Crippen molar-refractivity contribution in [3.05, 3.63) is 35.9 Å². The molecular formula is C9H11N5O. The van der Waals surface area contributed by atoms with Gasteiger partial charge < -0.3 is 5.32 Å². The summed E-state index contributed by atoms with van der Waals surface area (Å²) in [5.74, 6) is -0.135. The number of aromatic nitrogens is 4. The van der Waals surface area contributed by atoms with E-state index in [0.29, 0.717) is 12.1 Å². The zero-order valence-electron chi connectivity index (χ0n) is 8.27. The molecule has 0 unspecified atom stereocenters. The lowest BCUT2D eigenvalue weighted by Crippen LogP contribution is -2.22. The van der Waals surface area contributed by atoms with Crippen molar-refractivity contribution in [2.75, 3.05) is 0 Å². The topological polar surface area (TPSA) is 75.6 Å². The van der Waals surface area contributed by atoms with Crippen LogP contribution >= 0.6 is 0 Å². The van der Waals surface area contributed by atoms with Crippen molar-refractivity contribution in [2.45, 2.75) is 6.54 Å². The number of aromatic amines is 1. The summed E-state index contributed by atoms with van der Waals surface area (Å²) in [7, 11) is 1.77. The first-order chi connectivity index (χ1) is 7.25. The lowest BCUT2D eigenvalue weighted by molar-refractivity contribution is 0.0951. The lowest BCUT2D eigenvalue weighted by Gasteiger charge is -1.99. The first-order valence-corrected chi connectivity index (χ1v) is 4.50. The molecule has 2 aromatic heterocycles. The molecule has 2 heterocycles. The van der Waals surface area contributed by atoms with Crippen LogP contribution in [0.15, 0.2) is 24.8 Å². The quantitative estimate of drug-likeness (QED) is 0.744. The van der Waals surface area contributed by atoms with Crippen LogP contribution in [0.5, 0.6) is 0 Å². The fourth-order valence-corrected chi connectivity index (χ4v) is 1.20. The van der Waals surface area contributed by atoms with Crippen LogP contribution in [-0.4, -0.2) is 25.9 Å². The van der Waals surface area contributed by atoms with Crippen molar-refractivity contribution >= 4 is 5.91 Å². The summed E-state index contributed by atoms with van der Waals surface area (Å²) in [5, 5.41) is 13.1. The smallest absolute Gasteiger partial charge is 0.254 e. The highest BCUT2D eigenvalue weighted by atomic mass is 16.1. The van der Waals surface area contributed by atoms with Gasteiger partial charge in [-0.2, -0.15) is 10.2 Å². The molecule has 6 nitrogen and oxygen atoms in total. The summed E-state index contributed by atoms with van der Waals surface area (Å²) in [6, 6.07) is 0. The molecule has 1 amide bonds. The Morgan fingerprint density at radius 2 is 2.47 bits per heavy atom. The normalized spacial score (nSPS) is 10.2. The van der Waals surface area contributed by atoms with Crippen molar-refractivity contribution < 1.29 is 4.79 Å². The number of nitrogens with zero attached hydrogens (tertiary/aromatic N) is 3. The number of carbonyl (C=O) groups excluding carboxylic acids is 1. The first-order valence-electron chi connectivity index (χ1n) is 4.50. The highest BCUT2D eigenvalue weighted by molar-refractivity contribution is 5.93. The monoisotopic (exact) mass is 205 g/mol. The Labute approximate surface area is 86.3 Å². The minimum atomic E-state index is -0.135. The Morgan fingerprint density at radius 3 is 3.07 bits per heavy atom. The number of hydrogen-bond donors (Lipinski definition) is 2. The van der Waals surface area contributed by atoms with Gasteiger partial charge in [0.25, 0.3) is 5.91 Å². The van der Waals surface area contributed by atoms with Crippen molar-refractivity contribution in [3.63, 3.8) is 0 Å². The average Bonchev–Trinajstić information content (AvgIpc) is 2.84. The Bertz CT molecular complexity index is 445. The van der Waals surface area contributed by atoms with Gasteiger partial charge in [0.05, 0.1) is 18.0 Å². The van der Waals surface area contributed by atoms with Gasteiger partial charge >= 0.3 is 0 Å². The second kappa shape index (κ2) is 3.95. The molecule has 2 rings (SSSR count). The van der Waals surface area contributed by atoms with E-state index in [-0.39, 0.29) is 5.91 Å². The molecule has 0 saturated carbocycles. The third-order valence-corrected chi connectivity index (χ3v) is 1.97. The van der Waals surface area contributed by atoms with Gasteiger partial charge in [0.15, 0.2) is 0 Å². The van der Waals surface area contributed by atoms with Gasteiger partial charge in [0.1, 0.15) is 0 Å². The molecule has 6 heteroatoms. The molecule has 0 aliphatic heterocycles. The number of amides is 1. The Balaban J connectivity index is 1.93. The van der Waals surface area contributed by atoms with E-state index in [1.54, 1.807) is 30.3 Å². The predicted octanol–water partition coefficient (Wildman–Crippen LogP) is 0.0732. The van der Waals surface area contributed by atoms with E-state index in [2.05, 4.69) is 20.6 Å². The molecule has 0 spiro atoms. The zero-order valence-corrected chi connectivity index (χ0v) is 8.27. The number of carbonyl (C=O) groups is 1. The average molecular weight is 205 g/mol. The molecule has 2 N–H and O–H groups in total. The van der Waals surface area contributed by atoms with Crippen LogP contribution in [-0.2, 0) is 13.6 Å². The molecule has 0 aliphatic carbocycles. The first kappa shape index (κ1) is 9.45. The van der Waals surface area contributed by atoms with Crippen LogP contribution in [0, 0.1) is 0 Å². The molecular weight excluding hydrogens is 194 g/mol. The number of aryl methyl sites for hydroxylation is 1. The van der Waals surface area contributed by atoms with Crippen molar-refractivity contribution in [3.8, 4) is 0 Å². The summed E-state index contributed by atoms with van der Waals surface area (Å²) >= 11 is 0. The Hall–Kier alpha value is -2.11. The second-order valence-corrected chi connectivity index (χ2v) is 3.19. The molecule has 0 aliphatic rings. The number of nitrogens with one attached hydrogen (secondary N) is 2. The summed E-state index contributed by atoms with van der Waals surface area (Å²) < 4.78 is 1.59. The molecule has 15 heavy (non-hydrogen) atoms. The SMILES string of the molecule is Cn1cc(C(=O)NCc2cn[nH]c2)cn1. The van der Waals surface area contributed by atoms with Gasteiger partial charge in [-0.05, 0) is 0 Å². The largest absolute Gasteiger partial charge is 0.348 e. The number of rotatable bonds is 3. The summed E-state index contributed by atoms with van der Waals surface area (Å²) in [6.07, 6.45) is 6.61. The molecule has 0 atom stereocenters. The second-order valence-electron chi connectivity index (χ2n) is 3.19. The predicted molar refractivity (Wildman–Crippen MR) is 53.0 cm³/mol. The molecule has 0 saturated heterocycles. The molecule has 0 radical (unpaired) electrons. The van der Waals surface area contributed by atoms with Crippen LogP contribution < -0.4 is 5.32 Å². The lowest BCUT2D eigenvalue weighted by atomic mass is 10.3. The van der Waals surface area contributed by atoms with Gasteiger partial charge in [-0.3, -0.25) is 14.6 Å². The third-order valence-electron chi connectivity index (χ3n) is 1.97. The minimum absolute atomic E-state index is 0.135. The van der Waals surface area contributed by atoms with E-state index >= 15 is 0 Å². The summed E-state index contributed by atoms with van der Waals surface area (Å²) in [4.78, 5) is 11.6. The molecule has 0 aromatic carbocycles. The van der Waals surface area contributed by atoms with Crippen molar-refractivity contribution in [1.29, 1.82) is 0 Å². The molecule has 0 fully saturated rings. The summed E-state index contributed by atoms with van der Waals surface area (Å²) in [6.45, 7) is 0.463. The maximum absolute atomic E-state index is 11.6. The minimum Gasteiger partial charge on any atom is -0.348 e. The van der Waals surface area contributed by atoms with Crippen LogP contribution in [0.4, 0.5) is 0 Å². The highest BCUT2D eigenvalue weighted by Crippen LogP contribution is 1.98. The maximum Gasteiger partial charge on any atom is 0.254 e. The highest BCUT2D eigenvalue weighted by Gasteiger charge is 2.06. The Kier molecular flexibility index (Phi) is 2.49. The number of H-pyrrole nitrogens is 1. The van der Waals surface area contributed by atoms with E-state index < -0.39 is 0 Å². The Morgan fingerprint density at radius 1 is 1.60 bits per heavy atom. The van der Waals surface area contributed by atoms with E-state index in [1.165, 1.54) is 6.20 Å². The van der Waals surface area contributed by atoms with Crippen LogP contribution in [0.25, 0.3) is 0 Å². The van der Waals surface area contributed by atoms with Crippen molar-refractivity contribution in [2.24, 2.45) is 7.05 Å². The van der Waals surface area contributed by atoms with Crippen LogP contribution in [0.1, 0.15) is 15.9 Å². The number of hydrogen-bond acceptors (Lipinski definition) is 3. The van der Waals surface area contributed by atoms with Crippen LogP contribution in [0.3, 0.4) is 0 Å². The maximum atomic E-state index is 11.6. The van der Waals surface area contributed by atoms with E-state index in [0.717, 1.165) is 5.56 Å². The fraction of sp³-hybridized carbons (Fsp3) is 0.222. The van der Waals surface area contributed by atoms with Gasteiger partial charge in [0, 0.05) is 31.5 Å². The van der Waals surface area contributed by atoms with Crippen molar-refractivity contribution in [1.82, 2.24) is 25.3 Å². The van der Waals surface area contributed by atoms with E-state index in [1.807, 2.05) is 0 Å². The van der Waals surface area contributed by atoms with Crippen LogP contribution in [0.2, 0.25) is 0 Å². The standard InChI is InChI=1S/C9H11N5O/c1-14-6-8(5-13-14)9(15)10-2-7-3-11-12-4-7/h3-6H,2H2,1H3,(H,10,15)(H,11,12). The van der Waals surface area contributed by atoms with Gasteiger partial charge in [0.2, 0.25) is 0 Å². The van der Waals surface area contributed by atoms with Gasteiger partial charge in [-0.1, -0.05) is 0 Å².